The molecular weight excluding hydrogens is 313 g/mol. The van der Waals surface area contributed by atoms with Crippen molar-refractivity contribution in [2.75, 3.05) is 13.1 Å². The zero-order valence-corrected chi connectivity index (χ0v) is 11.9. The normalized spacial score (nSPS) is 19.6. The van der Waals surface area contributed by atoms with Crippen molar-refractivity contribution in [3.05, 3.63) is 34.1 Å². The van der Waals surface area contributed by atoms with Gasteiger partial charge < -0.3 is 5.73 Å². The van der Waals surface area contributed by atoms with Gasteiger partial charge in [-0.2, -0.15) is 4.31 Å². The highest BCUT2D eigenvalue weighted by molar-refractivity contribution is 7.89. The lowest BCUT2D eigenvalue weighted by Gasteiger charge is -2.16. The third-order valence-electron chi connectivity index (χ3n) is 2.93. The second-order valence-electron chi connectivity index (χ2n) is 4.26. The van der Waals surface area contributed by atoms with Gasteiger partial charge in [0.15, 0.2) is 4.90 Å². The molecule has 0 amide bonds. The van der Waals surface area contributed by atoms with Crippen molar-refractivity contribution >= 4 is 28.1 Å². The van der Waals surface area contributed by atoms with E-state index in [0.717, 1.165) is 22.5 Å². The predicted molar refractivity (Wildman–Crippen MR) is 71.7 cm³/mol. The Morgan fingerprint density at radius 1 is 1.45 bits per heavy atom. The Bertz CT molecular complexity index is 625. The number of hydrogen-bond donors (Lipinski definition) is 1. The molecule has 1 fully saturated rings. The van der Waals surface area contributed by atoms with Crippen molar-refractivity contribution < 1.29 is 17.7 Å². The van der Waals surface area contributed by atoms with Crippen LogP contribution >= 0.6 is 12.4 Å². The van der Waals surface area contributed by atoms with Crippen LogP contribution in [0.25, 0.3) is 0 Å². The molecule has 1 aromatic carbocycles. The van der Waals surface area contributed by atoms with Crippen LogP contribution in [0, 0.1) is 15.9 Å². The number of benzene rings is 1. The Kier molecular flexibility index (Phi) is 5.03. The summed E-state index contributed by atoms with van der Waals surface area (Å²) in [6, 6.07) is 2.62. The Labute approximate surface area is 121 Å². The minimum absolute atomic E-state index is 0. The van der Waals surface area contributed by atoms with Crippen LogP contribution in [0.15, 0.2) is 23.1 Å². The van der Waals surface area contributed by atoms with Gasteiger partial charge in [-0.3, -0.25) is 10.1 Å². The maximum absolute atomic E-state index is 13.7. The number of nitrogens with two attached hydrogens (primary N) is 1. The van der Waals surface area contributed by atoms with Gasteiger partial charge in [-0.05, 0) is 12.5 Å². The second kappa shape index (κ2) is 6.00. The van der Waals surface area contributed by atoms with E-state index in [-0.39, 0.29) is 31.5 Å². The van der Waals surface area contributed by atoms with E-state index < -0.39 is 31.3 Å². The van der Waals surface area contributed by atoms with Gasteiger partial charge in [-0.15, -0.1) is 12.4 Å². The van der Waals surface area contributed by atoms with E-state index in [1.54, 1.807) is 0 Å². The van der Waals surface area contributed by atoms with Crippen LogP contribution in [0.5, 0.6) is 0 Å². The molecule has 1 unspecified atom stereocenters. The van der Waals surface area contributed by atoms with Crippen molar-refractivity contribution in [1.29, 1.82) is 0 Å². The van der Waals surface area contributed by atoms with Gasteiger partial charge in [-0.1, -0.05) is 6.07 Å². The number of nitro groups is 1. The van der Waals surface area contributed by atoms with Crippen molar-refractivity contribution in [2.45, 2.75) is 17.4 Å². The Morgan fingerprint density at radius 2 is 2.10 bits per heavy atom. The van der Waals surface area contributed by atoms with Gasteiger partial charge in [0.25, 0.3) is 15.7 Å². The van der Waals surface area contributed by atoms with Crippen LogP contribution < -0.4 is 5.73 Å². The summed E-state index contributed by atoms with van der Waals surface area (Å²) >= 11 is 0. The van der Waals surface area contributed by atoms with Crippen LogP contribution in [0.3, 0.4) is 0 Å². The van der Waals surface area contributed by atoms with Gasteiger partial charge >= 0.3 is 0 Å². The van der Waals surface area contributed by atoms with E-state index in [9.17, 15) is 22.9 Å². The standard InChI is InChI=1S/C10H12FN3O4S.ClH/c11-8-2-1-3-9(14(15)16)10(8)19(17,18)13-5-4-7(12)6-13;/h1-3,7H,4-6,12H2;1H. The quantitative estimate of drug-likeness (QED) is 0.655. The van der Waals surface area contributed by atoms with E-state index in [0.29, 0.717) is 6.42 Å². The molecule has 1 saturated heterocycles. The van der Waals surface area contributed by atoms with E-state index in [1.807, 2.05) is 0 Å². The lowest BCUT2D eigenvalue weighted by molar-refractivity contribution is -0.388. The van der Waals surface area contributed by atoms with Crippen LogP contribution in [0.4, 0.5) is 10.1 Å². The van der Waals surface area contributed by atoms with Gasteiger partial charge in [0.2, 0.25) is 0 Å². The molecule has 2 rings (SSSR count). The monoisotopic (exact) mass is 325 g/mol. The summed E-state index contributed by atoms with van der Waals surface area (Å²) in [5, 5.41) is 10.8. The number of rotatable bonds is 3. The summed E-state index contributed by atoms with van der Waals surface area (Å²) in [5.41, 5.74) is 4.84. The SMILES string of the molecule is Cl.NC1CCN(S(=O)(=O)c2c(F)cccc2[N+](=O)[O-])C1. The number of nitrogens with zero attached hydrogens (tertiary/aromatic N) is 2. The Morgan fingerprint density at radius 3 is 2.60 bits per heavy atom. The molecule has 0 spiro atoms. The minimum Gasteiger partial charge on any atom is -0.326 e. The molecule has 112 valence electrons. The van der Waals surface area contributed by atoms with Crippen LogP contribution in [0.1, 0.15) is 6.42 Å². The zero-order valence-electron chi connectivity index (χ0n) is 10.2. The average Bonchev–Trinajstić information content (AvgIpc) is 2.75. The summed E-state index contributed by atoms with van der Waals surface area (Å²) in [7, 11) is -4.24. The Hall–Kier alpha value is -1.29. The number of sulfonamides is 1. The van der Waals surface area contributed by atoms with Crippen LogP contribution in [0.2, 0.25) is 0 Å². The topological polar surface area (TPSA) is 107 Å². The highest BCUT2D eigenvalue weighted by Crippen LogP contribution is 2.30. The fraction of sp³-hybridized carbons (Fsp3) is 0.400. The molecule has 0 saturated carbocycles. The molecule has 0 aromatic heterocycles. The fourth-order valence-electron chi connectivity index (χ4n) is 2.00. The summed E-state index contributed by atoms with van der Waals surface area (Å²) in [6.45, 7) is 0.169. The van der Waals surface area contributed by atoms with Gasteiger partial charge in [0.05, 0.1) is 4.92 Å². The third-order valence-corrected chi connectivity index (χ3v) is 4.86. The summed E-state index contributed by atoms with van der Waals surface area (Å²) in [5.74, 6) is -1.13. The molecule has 7 nitrogen and oxygen atoms in total. The van der Waals surface area contributed by atoms with Crippen molar-refractivity contribution in [1.82, 2.24) is 4.31 Å². The highest BCUT2D eigenvalue weighted by Gasteiger charge is 2.37. The number of nitro benzene ring substituents is 1. The lowest BCUT2D eigenvalue weighted by atomic mass is 10.3. The maximum atomic E-state index is 13.7. The van der Waals surface area contributed by atoms with Gasteiger partial charge in [0.1, 0.15) is 5.82 Å². The molecule has 20 heavy (non-hydrogen) atoms. The van der Waals surface area contributed by atoms with Gasteiger partial charge in [-0.25, -0.2) is 12.8 Å². The summed E-state index contributed by atoms with van der Waals surface area (Å²) in [4.78, 5) is 9.03. The molecule has 0 bridgehead atoms. The molecular formula is C10H13ClFN3O4S. The van der Waals surface area contributed by atoms with Gasteiger partial charge in [0, 0.05) is 25.2 Å². The first kappa shape index (κ1) is 16.8. The van der Waals surface area contributed by atoms with Crippen LogP contribution in [-0.4, -0.2) is 36.8 Å². The molecule has 1 heterocycles. The van der Waals surface area contributed by atoms with E-state index >= 15 is 0 Å². The average molecular weight is 326 g/mol. The van der Waals surface area contributed by atoms with E-state index in [1.165, 1.54) is 0 Å². The molecule has 1 aliphatic heterocycles. The Balaban J connectivity index is 0.00000200. The summed E-state index contributed by atoms with van der Waals surface area (Å²) in [6.07, 6.45) is 0.446. The molecule has 0 radical (unpaired) electrons. The maximum Gasteiger partial charge on any atom is 0.292 e. The minimum atomic E-state index is -4.24. The highest BCUT2D eigenvalue weighted by atomic mass is 35.5. The molecule has 1 atom stereocenters. The molecule has 2 N–H and O–H groups in total. The summed E-state index contributed by atoms with van der Waals surface area (Å²) < 4.78 is 39.2. The van der Waals surface area contributed by atoms with Crippen molar-refractivity contribution in [3.63, 3.8) is 0 Å². The number of halogens is 2. The molecule has 0 aliphatic carbocycles. The van der Waals surface area contributed by atoms with Crippen LogP contribution in [-0.2, 0) is 10.0 Å². The molecule has 1 aliphatic rings. The van der Waals surface area contributed by atoms with E-state index in [4.69, 9.17) is 5.73 Å². The first-order valence-corrected chi connectivity index (χ1v) is 6.96. The molecule has 10 heteroatoms. The first-order chi connectivity index (χ1) is 8.84. The number of hydrogen-bond acceptors (Lipinski definition) is 5. The lowest BCUT2D eigenvalue weighted by Crippen LogP contribution is -2.32. The molecule has 1 aromatic rings. The largest absolute Gasteiger partial charge is 0.326 e. The van der Waals surface area contributed by atoms with Crippen molar-refractivity contribution in [2.24, 2.45) is 5.73 Å². The predicted octanol–water partition coefficient (Wildman–Crippen LogP) is 0.877. The third kappa shape index (κ3) is 2.90. The zero-order chi connectivity index (χ0) is 14.2. The van der Waals surface area contributed by atoms with Crippen molar-refractivity contribution in [3.8, 4) is 0 Å². The first-order valence-electron chi connectivity index (χ1n) is 5.52. The smallest absolute Gasteiger partial charge is 0.292 e. The fourth-order valence-corrected chi connectivity index (χ4v) is 3.71. The van der Waals surface area contributed by atoms with E-state index in [2.05, 4.69) is 0 Å². The second-order valence-corrected chi connectivity index (χ2v) is 6.13.